The summed E-state index contributed by atoms with van der Waals surface area (Å²) in [5.74, 6) is 3.65. The number of hydrogen-bond donors (Lipinski definition) is 2. The first-order valence-electron chi connectivity index (χ1n) is 10.2. The van der Waals surface area contributed by atoms with Crippen LogP contribution in [0.4, 0.5) is 29.1 Å². The Morgan fingerprint density at radius 1 is 1.17 bits per heavy atom. The van der Waals surface area contributed by atoms with Crippen LogP contribution < -0.4 is 11.6 Å². The number of nitriles is 1. The number of aliphatic imine (C=N–C) groups is 1. The van der Waals surface area contributed by atoms with Crippen molar-refractivity contribution in [1.82, 2.24) is 24.5 Å². The minimum atomic E-state index is -4.74. The Labute approximate surface area is 200 Å². The molecule has 0 radical (unpaired) electrons. The van der Waals surface area contributed by atoms with E-state index in [4.69, 9.17) is 11.6 Å². The summed E-state index contributed by atoms with van der Waals surface area (Å²) >= 11 is 0. The van der Waals surface area contributed by atoms with Crippen LogP contribution in [0, 0.1) is 17.1 Å². The second-order valence-corrected chi connectivity index (χ2v) is 7.40. The Morgan fingerprint density at radius 3 is 2.47 bits per heavy atom. The number of halogens is 4. The number of rotatable bonds is 5. The maximum Gasteiger partial charge on any atom is 0.451 e. The van der Waals surface area contributed by atoms with Crippen molar-refractivity contribution in [3.8, 4) is 17.2 Å². The molecule has 0 saturated heterocycles. The minimum absolute atomic E-state index is 0.0244. The van der Waals surface area contributed by atoms with Gasteiger partial charge in [0.1, 0.15) is 41.1 Å². The number of hydrogen-bond acceptors (Lipinski definition) is 9. The molecule has 1 unspecified atom stereocenters. The van der Waals surface area contributed by atoms with Gasteiger partial charge in [-0.15, -0.1) is 0 Å². The molecule has 0 fully saturated rings. The first-order chi connectivity index (χ1) is 17.2. The second kappa shape index (κ2) is 9.37. The molecule has 4 N–H and O–H groups in total. The highest BCUT2D eigenvalue weighted by atomic mass is 19.4. The summed E-state index contributed by atoms with van der Waals surface area (Å²) in [6.45, 7) is 1.63. The van der Waals surface area contributed by atoms with Crippen molar-refractivity contribution in [2.45, 2.75) is 19.1 Å². The maximum absolute atomic E-state index is 14.0. The van der Waals surface area contributed by atoms with Gasteiger partial charge < -0.3 is 16.1 Å². The van der Waals surface area contributed by atoms with Gasteiger partial charge in [0.25, 0.3) is 0 Å². The van der Waals surface area contributed by atoms with Gasteiger partial charge in [-0.25, -0.2) is 24.3 Å². The molecule has 0 aliphatic heterocycles. The number of alkyl halides is 3. The average Bonchev–Trinajstić information content (AvgIpc) is 3.20. The Balaban J connectivity index is 1.89. The fourth-order valence-electron chi connectivity index (χ4n) is 3.60. The van der Waals surface area contributed by atoms with Crippen molar-refractivity contribution < 1.29 is 17.6 Å². The molecule has 0 spiro atoms. The molecule has 0 aliphatic carbocycles. The molecule has 4 rings (SSSR count). The normalized spacial score (nSPS) is 13.3. The van der Waals surface area contributed by atoms with E-state index in [2.05, 4.69) is 30.0 Å². The smallest absolute Gasteiger partial charge is 0.383 e. The van der Waals surface area contributed by atoms with E-state index in [0.717, 1.165) is 12.4 Å². The molecule has 4 aromatic rings. The van der Waals surface area contributed by atoms with Crippen LogP contribution in [0.25, 0.3) is 22.2 Å². The van der Waals surface area contributed by atoms with Crippen LogP contribution in [-0.2, 0) is 6.18 Å². The molecule has 0 bridgehead atoms. The van der Waals surface area contributed by atoms with Crippen LogP contribution in [0.2, 0.25) is 0 Å². The predicted molar refractivity (Wildman–Crippen MR) is 124 cm³/mol. The molecule has 0 aliphatic rings. The number of para-hydroxylation sites is 1. The lowest BCUT2D eigenvalue weighted by Crippen LogP contribution is -2.21. The number of fused-ring (bicyclic) bond motifs is 1. The molecular weight excluding hydrogens is 480 g/mol. The van der Waals surface area contributed by atoms with E-state index in [1.54, 1.807) is 13.0 Å². The summed E-state index contributed by atoms with van der Waals surface area (Å²) in [6.07, 6.45) is -0.469. The van der Waals surface area contributed by atoms with Gasteiger partial charge in [0.2, 0.25) is 5.82 Å². The first-order valence-corrected chi connectivity index (χ1v) is 10.2. The number of nitrogens with two attached hydrogens (primary N) is 2. The van der Waals surface area contributed by atoms with Gasteiger partial charge >= 0.3 is 6.18 Å². The largest absolute Gasteiger partial charge is 0.451 e. The van der Waals surface area contributed by atoms with Crippen molar-refractivity contribution in [3.05, 3.63) is 60.3 Å². The van der Waals surface area contributed by atoms with E-state index in [1.165, 1.54) is 35.3 Å². The molecule has 36 heavy (non-hydrogen) atoms. The van der Waals surface area contributed by atoms with Crippen LogP contribution in [0.3, 0.4) is 0 Å². The fraction of sp³-hybridized carbons (Fsp3) is 0.136. The van der Waals surface area contributed by atoms with Crippen molar-refractivity contribution in [3.63, 3.8) is 0 Å². The zero-order valence-electron chi connectivity index (χ0n) is 18.4. The van der Waals surface area contributed by atoms with E-state index in [1.807, 2.05) is 6.07 Å². The summed E-state index contributed by atoms with van der Waals surface area (Å²) < 4.78 is 54.3. The van der Waals surface area contributed by atoms with Gasteiger partial charge in [-0.05, 0) is 19.1 Å². The molecule has 3 heterocycles. The standard InChI is InChI=1S/C22H16F4N10/c1-11(15(35-29)9-30-14-5-3-2-4-13(14)23)36-16(6-27)17(18-19(28)33-10-34-20(18)36)12-7-31-21(32-8-12)22(24,25)26/h2-5,7-11H,29H2,1H3,(H2,28,33,34). The zero-order valence-corrected chi connectivity index (χ0v) is 18.4. The van der Waals surface area contributed by atoms with Crippen LogP contribution in [0.15, 0.2) is 53.1 Å². The Kier molecular flexibility index (Phi) is 6.30. The highest BCUT2D eigenvalue weighted by molar-refractivity contribution is 6.32. The Bertz CT molecular complexity index is 1530. The van der Waals surface area contributed by atoms with Gasteiger partial charge in [-0.2, -0.15) is 23.5 Å². The third-order valence-electron chi connectivity index (χ3n) is 5.27. The van der Waals surface area contributed by atoms with Crippen LogP contribution in [0.5, 0.6) is 0 Å². The Hall–Kier alpha value is -4.93. The predicted octanol–water partition coefficient (Wildman–Crippen LogP) is 3.78. The zero-order chi connectivity index (χ0) is 26.0. The maximum atomic E-state index is 14.0. The molecule has 182 valence electrons. The highest BCUT2D eigenvalue weighted by Gasteiger charge is 2.35. The van der Waals surface area contributed by atoms with Crippen LogP contribution >= 0.6 is 0 Å². The van der Waals surface area contributed by atoms with E-state index in [-0.39, 0.29) is 45.1 Å². The molecule has 3 aromatic heterocycles. The lowest BCUT2D eigenvalue weighted by molar-refractivity contribution is -0.144. The monoisotopic (exact) mass is 496 g/mol. The van der Waals surface area contributed by atoms with Crippen molar-refractivity contribution in [1.29, 1.82) is 5.26 Å². The van der Waals surface area contributed by atoms with Crippen LogP contribution in [0.1, 0.15) is 24.5 Å². The van der Waals surface area contributed by atoms with E-state index >= 15 is 0 Å². The number of hydrazone groups is 1. The summed E-state index contributed by atoms with van der Waals surface area (Å²) in [6, 6.07) is 7.04. The molecule has 0 saturated carbocycles. The first kappa shape index (κ1) is 24.2. The van der Waals surface area contributed by atoms with Gasteiger partial charge in [-0.1, -0.05) is 12.1 Å². The summed E-state index contributed by atoms with van der Waals surface area (Å²) in [7, 11) is 0. The summed E-state index contributed by atoms with van der Waals surface area (Å²) in [4.78, 5) is 19.0. The van der Waals surface area contributed by atoms with Gasteiger partial charge in [0.15, 0.2) is 0 Å². The van der Waals surface area contributed by atoms with Crippen LogP contribution in [-0.4, -0.2) is 36.4 Å². The third kappa shape index (κ3) is 4.29. The molecule has 0 amide bonds. The minimum Gasteiger partial charge on any atom is -0.383 e. The van der Waals surface area contributed by atoms with Crippen molar-refractivity contribution in [2.75, 3.05) is 5.73 Å². The Morgan fingerprint density at radius 2 is 1.86 bits per heavy atom. The quantitative estimate of drug-likeness (QED) is 0.184. The second-order valence-electron chi connectivity index (χ2n) is 7.40. The molecule has 14 heteroatoms. The third-order valence-corrected chi connectivity index (χ3v) is 5.27. The van der Waals surface area contributed by atoms with Crippen molar-refractivity contribution in [2.24, 2.45) is 15.9 Å². The summed E-state index contributed by atoms with van der Waals surface area (Å²) in [5.41, 5.74) is 6.62. The van der Waals surface area contributed by atoms with E-state index < -0.39 is 23.9 Å². The lowest BCUT2D eigenvalue weighted by Gasteiger charge is -2.15. The number of anilines is 1. The summed E-state index contributed by atoms with van der Waals surface area (Å²) in [5, 5.41) is 14.0. The average molecular weight is 496 g/mol. The molecular formula is C22H16F4N10. The number of nitrogens with zero attached hydrogens (tertiary/aromatic N) is 8. The SMILES string of the molecule is CC(C(C=Nc1ccccc1F)=NN)n1c(C#N)c(-c2cnc(C(F)(F)F)nc2)c2c(N)ncnc21. The van der Waals surface area contributed by atoms with Crippen molar-refractivity contribution >= 4 is 34.5 Å². The fourth-order valence-corrected chi connectivity index (χ4v) is 3.60. The van der Waals surface area contributed by atoms with E-state index in [0.29, 0.717) is 0 Å². The number of aromatic nitrogens is 5. The molecule has 1 atom stereocenters. The highest BCUT2D eigenvalue weighted by Crippen LogP contribution is 2.38. The van der Waals surface area contributed by atoms with Gasteiger partial charge in [-0.3, -0.25) is 4.99 Å². The topological polar surface area (TPSA) is 157 Å². The number of nitrogen functional groups attached to an aromatic ring is 1. The lowest BCUT2D eigenvalue weighted by atomic mass is 10.1. The molecule has 1 aromatic carbocycles. The number of benzene rings is 1. The van der Waals surface area contributed by atoms with Gasteiger partial charge in [0, 0.05) is 23.5 Å². The van der Waals surface area contributed by atoms with Gasteiger partial charge in [0.05, 0.1) is 23.3 Å². The molecule has 10 nitrogen and oxygen atoms in total. The van der Waals surface area contributed by atoms with E-state index in [9.17, 15) is 22.8 Å².